The van der Waals surface area contributed by atoms with Crippen LogP contribution in [0.3, 0.4) is 0 Å². The Bertz CT molecular complexity index is 1010. The van der Waals surface area contributed by atoms with Crippen LogP contribution in [0, 0.1) is 0 Å². The van der Waals surface area contributed by atoms with Crippen molar-refractivity contribution in [2.24, 2.45) is 4.99 Å². The SMILES string of the molecule is CCCOc1ccc(C(=O)Oc2ccc(C=Nc3ccc(O[C@@H](C)CC)cc3)cc2)cc1. The maximum Gasteiger partial charge on any atom is 0.343 e. The topological polar surface area (TPSA) is 57.1 Å². The first-order chi connectivity index (χ1) is 15.6. The number of benzene rings is 3. The second-order valence-corrected chi connectivity index (χ2v) is 7.42. The molecule has 166 valence electrons. The van der Waals surface area contributed by atoms with Gasteiger partial charge in [-0.15, -0.1) is 0 Å². The van der Waals surface area contributed by atoms with Crippen LogP contribution >= 0.6 is 0 Å². The highest BCUT2D eigenvalue weighted by Crippen LogP contribution is 2.20. The number of hydrogen-bond donors (Lipinski definition) is 0. The summed E-state index contributed by atoms with van der Waals surface area (Å²) in [6.45, 7) is 6.84. The third-order valence-electron chi connectivity index (χ3n) is 4.77. The second kappa shape index (κ2) is 11.7. The summed E-state index contributed by atoms with van der Waals surface area (Å²) in [6.07, 6.45) is 3.86. The molecule has 0 amide bonds. The van der Waals surface area contributed by atoms with Gasteiger partial charge >= 0.3 is 5.97 Å². The Morgan fingerprint density at radius 1 is 0.875 bits per heavy atom. The second-order valence-electron chi connectivity index (χ2n) is 7.42. The number of carbonyl (C=O) groups excluding carboxylic acids is 1. The van der Waals surface area contributed by atoms with Gasteiger partial charge in [-0.1, -0.05) is 13.8 Å². The first-order valence-corrected chi connectivity index (χ1v) is 10.9. The summed E-state index contributed by atoms with van der Waals surface area (Å²) in [4.78, 5) is 16.8. The minimum atomic E-state index is -0.409. The van der Waals surface area contributed by atoms with Crippen molar-refractivity contribution in [2.45, 2.75) is 39.7 Å². The van der Waals surface area contributed by atoms with Gasteiger partial charge in [0, 0.05) is 6.21 Å². The van der Waals surface area contributed by atoms with Crippen molar-refractivity contribution >= 4 is 17.9 Å². The van der Waals surface area contributed by atoms with Gasteiger partial charge in [-0.3, -0.25) is 4.99 Å². The quantitative estimate of drug-likeness (QED) is 0.206. The van der Waals surface area contributed by atoms with E-state index in [2.05, 4.69) is 11.9 Å². The minimum Gasteiger partial charge on any atom is -0.494 e. The lowest BCUT2D eigenvalue weighted by Gasteiger charge is -2.12. The molecule has 3 aromatic rings. The summed E-state index contributed by atoms with van der Waals surface area (Å²) in [5, 5.41) is 0. The molecule has 0 spiro atoms. The van der Waals surface area contributed by atoms with Crippen molar-refractivity contribution in [2.75, 3.05) is 6.61 Å². The highest BCUT2D eigenvalue weighted by Gasteiger charge is 2.09. The number of hydrogen-bond acceptors (Lipinski definition) is 5. The molecule has 5 heteroatoms. The van der Waals surface area contributed by atoms with E-state index in [0.29, 0.717) is 17.9 Å². The number of ether oxygens (including phenoxy) is 3. The Balaban J connectivity index is 1.54. The molecule has 0 aliphatic carbocycles. The van der Waals surface area contributed by atoms with Gasteiger partial charge in [-0.25, -0.2) is 4.79 Å². The number of rotatable bonds is 10. The van der Waals surface area contributed by atoms with Gasteiger partial charge in [0.05, 0.1) is 24.0 Å². The fourth-order valence-electron chi connectivity index (χ4n) is 2.77. The van der Waals surface area contributed by atoms with Gasteiger partial charge in [0.2, 0.25) is 0 Å². The monoisotopic (exact) mass is 431 g/mol. The molecule has 0 radical (unpaired) electrons. The van der Waals surface area contributed by atoms with Crippen LogP contribution in [0.5, 0.6) is 17.2 Å². The summed E-state index contributed by atoms with van der Waals surface area (Å²) >= 11 is 0. The number of carbonyl (C=O) groups is 1. The number of esters is 1. The van der Waals surface area contributed by atoms with E-state index in [1.165, 1.54) is 0 Å². The molecule has 0 aliphatic heterocycles. The smallest absolute Gasteiger partial charge is 0.343 e. The zero-order valence-corrected chi connectivity index (χ0v) is 18.8. The van der Waals surface area contributed by atoms with Gasteiger partial charge in [-0.05, 0) is 98.1 Å². The summed E-state index contributed by atoms with van der Waals surface area (Å²) in [5.74, 6) is 1.65. The van der Waals surface area contributed by atoms with Gasteiger partial charge < -0.3 is 14.2 Å². The molecule has 1 atom stereocenters. The average Bonchev–Trinajstić information content (AvgIpc) is 2.83. The van der Waals surface area contributed by atoms with Crippen LogP contribution in [0.25, 0.3) is 0 Å². The van der Waals surface area contributed by atoms with Gasteiger partial charge in [0.15, 0.2) is 0 Å². The normalized spacial score (nSPS) is 11.8. The van der Waals surface area contributed by atoms with E-state index in [9.17, 15) is 4.79 Å². The predicted molar refractivity (Wildman–Crippen MR) is 128 cm³/mol. The molecule has 3 aromatic carbocycles. The molecule has 0 aromatic heterocycles. The van der Waals surface area contributed by atoms with Gasteiger partial charge in [-0.2, -0.15) is 0 Å². The van der Waals surface area contributed by atoms with E-state index in [0.717, 1.165) is 35.6 Å². The van der Waals surface area contributed by atoms with Crippen LogP contribution in [0.15, 0.2) is 77.8 Å². The van der Waals surface area contributed by atoms with E-state index < -0.39 is 5.97 Å². The lowest BCUT2D eigenvalue weighted by Crippen LogP contribution is -2.09. The summed E-state index contributed by atoms with van der Waals surface area (Å²) in [5.41, 5.74) is 2.21. The van der Waals surface area contributed by atoms with Crippen molar-refractivity contribution in [1.29, 1.82) is 0 Å². The Morgan fingerprint density at radius 3 is 2.12 bits per heavy atom. The molecular formula is C27H29NO4. The van der Waals surface area contributed by atoms with Crippen molar-refractivity contribution in [3.05, 3.63) is 83.9 Å². The van der Waals surface area contributed by atoms with Crippen LogP contribution in [-0.2, 0) is 0 Å². The molecule has 0 N–H and O–H groups in total. The van der Waals surface area contributed by atoms with E-state index in [1.54, 1.807) is 42.6 Å². The zero-order chi connectivity index (χ0) is 22.8. The lowest BCUT2D eigenvalue weighted by molar-refractivity contribution is 0.0734. The van der Waals surface area contributed by atoms with Crippen molar-refractivity contribution in [3.63, 3.8) is 0 Å². The standard InChI is InChI=1S/C27H29NO4/c1-4-18-30-24-14-8-22(9-15-24)27(29)32-26-12-6-21(7-13-26)19-28-23-10-16-25(17-11-23)31-20(3)5-2/h6-17,19-20H,4-5,18H2,1-3H3/t20-/m0/s1. The lowest BCUT2D eigenvalue weighted by atomic mass is 10.2. The van der Waals surface area contributed by atoms with Crippen LogP contribution in [0.4, 0.5) is 5.69 Å². The molecule has 0 saturated heterocycles. The van der Waals surface area contributed by atoms with E-state index in [-0.39, 0.29) is 6.10 Å². The maximum absolute atomic E-state index is 12.3. The van der Waals surface area contributed by atoms with Gasteiger partial charge in [0.25, 0.3) is 0 Å². The van der Waals surface area contributed by atoms with Gasteiger partial charge in [0.1, 0.15) is 17.2 Å². The van der Waals surface area contributed by atoms with Crippen molar-refractivity contribution in [1.82, 2.24) is 0 Å². The summed E-state index contributed by atoms with van der Waals surface area (Å²) in [7, 11) is 0. The largest absolute Gasteiger partial charge is 0.494 e. The van der Waals surface area contributed by atoms with Crippen LogP contribution in [0.1, 0.15) is 49.5 Å². The fraction of sp³-hybridized carbons (Fsp3) is 0.259. The molecular weight excluding hydrogens is 402 g/mol. The van der Waals surface area contributed by atoms with Crippen molar-refractivity contribution < 1.29 is 19.0 Å². The highest BCUT2D eigenvalue weighted by atomic mass is 16.5. The number of nitrogens with zero attached hydrogens (tertiary/aromatic N) is 1. The molecule has 0 fully saturated rings. The maximum atomic E-state index is 12.3. The van der Waals surface area contributed by atoms with E-state index in [1.807, 2.05) is 50.2 Å². The predicted octanol–water partition coefficient (Wildman–Crippen LogP) is 6.62. The molecule has 3 rings (SSSR count). The van der Waals surface area contributed by atoms with Crippen LogP contribution < -0.4 is 14.2 Å². The third-order valence-corrected chi connectivity index (χ3v) is 4.77. The fourth-order valence-corrected chi connectivity index (χ4v) is 2.77. The Labute approximate surface area is 189 Å². The van der Waals surface area contributed by atoms with Crippen LogP contribution in [0.2, 0.25) is 0 Å². The molecule has 0 aliphatic rings. The molecule has 0 bridgehead atoms. The average molecular weight is 432 g/mol. The Kier molecular flexibility index (Phi) is 8.44. The Morgan fingerprint density at radius 2 is 1.50 bits per heavy atom. The molecule has 0 heterocycles. The van der Waals surface area contributed by atoms with E-state index in [4.69, 9.17) is 14.2 Å². The first-order valence-electron chi connectivity index (χ1n) is 10.9. The Hall–Kier alpha value is -3.60. The summed E-state index contributed by atoms with van der Waals surface area (Å²) < 4.78 is 16.8. The minimum absolute atomic E-state index is 0.191. The van der Waals surface area contributed by atoms with E-state index >= 15 is 0 Å². The first kappa shape index (κ1) is 23.1. The molecule has 5 nitrogen and oxygen atoms in total. The van der Waals surface area contributed by atoms with Crippen LogP contribution in [-0.4, -0.2) is 24.9 Å². The van der Waals surface area contributed by atoms with Crippen molar-refractivity contribution in [3.8, 4) is 17.2 Å². The molecule has 32 heavy (non-hydrogen) atoms. The molecule has 0 saturated carbocycles. The zero-order valence-electron chi connectivity index (χ0n) is 18.8. The third kappa shape index (κ3) is 6.98. The summed E-state index contributed by atoms with van der Waals surface area (Å²) in [6, 6.07) is 21.8. The number of aliphatic imine (C=N–C) groups is 1. The molecule has 0 unspecified atom stereocenters. The highest BCUT2D eigenvalue weighted by molar-refractivity contribution is 5.91.